The minimum Gasteiger partial charge on any atom is -0.497 e. The van der Waals surface area contributed by atoms with Gasteiger partial charge in [0.15, 0.2) is 0 Å². The summed E-state index contributed by atoms with van der Waals surface area (Å²) in [5.74, 6) is 1.83. The van der Waals surface area contributed by atoms with E-state index in [4.69, 9.17) is 14.2 Å². The van der Waals surface area contributed by atoms with Crippen molar-refractivity contribution in [3.05, 3.63) is 108 Å². The van der Waals surface area contributed by atoms with Crippen molar-refractivity contribution >= 4 is 29.2 Å². The summed E-state index contributed by atoms with van der Waals surface area (Å²) in [6.45, 7) is 12.2. The van der Waals surface area contributed by atoms with E-state index in [9.17, 15) is 9.59 Å². The van der Waals surface area contributed by atoms with Crippen LogP contribution in [0.4, 0.5) is 4.79 Å². The Morgan fingerprint density at radius 1 is 1.04 bits per heavy atom. The van der Waals surface area contributed by atoms with Crippen molar-refractivity contribution in [2.24, 2.45) is 4.99 Å². The molecule has 0 radical (unpaired) electrons. The van der Waals surface area contributed by atoms with Crippen LogP contribution in [-0.2, 0) is 22.5 Å². The normalized spacial score (nSPS) is 12.5. The van der Waals surface area contributed by atoms with Crippen molar-refractivity contribution in [3.63, 3.8) is 0 Å². The number of amides is 2. The van der Waals surface area contributed by atoms with Crippen LogP contribution in [0.15, 0.2) is 96.3 Å². The van der Waals surface area contributed by atoms with Gasteiger partial charge >= 0.3 is 6.09 Å². The summed E-state index contributed by atoms with van der Waals surface area (Å²) in [5.41, 5.74) is 4.07. The Morgan fingerprint density at radius 2 is 1.73 bits per heavy atom. The quantitative estimate of drug-likeness (QED) is 0.113. The number of benzene rings is 2. The van der Waals surface area contributed by atoms with Gasteiger partial charge in [-0.25, -0.2) is 9.78 Å². The second-order valence-corrected chi connectivity index (χ2v) is 12.3. The van der Waals surface area contributed by atoms with Crippen LogP contribution in [0.25, 0.3) is 11.0 Å². The lowest BCUT2D eigenvalue weighted by Gasteiger charge is -2.23. The number of rotatable bonds is 14. The molecule has 4 rings (SSSR count). The minimum absolute atomic E-state index is 0.255. The Labute approximate surface area is 282 Å². The predicted octanol–water partition coefficient (Wildman–Crippen LogP) is 6.95. The number of aryl methyl sites for hydroxylation is 1. The molecule has 2 aromatic carbocycles. The number of alkyl carbamates (subject to hydrolysis) is 1. The van der Waals surface area contributed by atoms with Gasteiger partial charge in [0.05, 0.1) is 12.5 Å². The number of ether oxygens (including phenoxy) is 3. The highest BCUT2D eigenvalue weighted by molar-refractivity contribution is 5.87. The molecule has 4 aromatic rings. The molecule has 0 aliphatic carbocycles. The van der Waals surface area contributed by atoms with Gasteiger partial charge in [0.25, 0.3) is 0 Å². The Bertz CT molecular complexity index is 1770. The number of hydrogen-bond acceptors (Lipinski definition) is 7. The highest BCUT2D eigenvalue weighted by Crippen LogP contribution is 2.33. The van der Waals surface area contributed by atoms with Crippen LogP contribution in [-0.4, -0.2) is 60.1 Å². The number of aromatic nitrogens is 2. The summed E-state index contributed by atoms with van der Waals surface area (Å²) in [6.07, 6.45) is 9.23. The second-order valence-electron chi connectivity index (χ2n) is 12.3. The Balaban J connectivity index is 1.47. The van der Waals surface area contributed by atoms with Crippen LogP contribution >= 0.6 is 0 Å². The molecule has 48 heavy (non-hydrogen) atoms. The number of hydrogen-bond donors (Lipinski definition) is 2. The van der Waals surface area contributed by atoms with Crippen LogP contribution in [0.3, 0.4) is 0 Å². The molecule has 2 amide bonds. The van der Waals surface area contributed by atoms with Crippen LogP contribution in [0.2, 0.25) is 0 Å². The molecule has 1 unspecified atom stereocenters. The lowest BCUT2D eigenvalue weighted by molar-refractivity contribution is -0.123. The molecule has 0 saturated carbocycles. The van der Waals surface area contributed by atoms with E-state index in [0.717, 1.165) is 39.0 Å². The SMILES string of the molecule is C=C/C(=C\C=NC)CCNC(=O)C(Cc1ccc(Oc2ccnc3c2c(C)cn3Cc2ccc(OC)cc2)cc1)NC(=O)OC(C)(C)C. The van der Waals surface area contributed by atoms with E-state index in [0.29, 0.717) is 31.0 Å². The van der Waals surface area contributed by atoms with Crippen LogP contribution in [0.1, 0.15) is 43.9 Å². The third-order valence-electron chi connectivity index (χ3n) is 7.43. The maximum absolute atomic E-state index is 13.3. The fraction of sp³-hybridized carbons (Fsp3) is 0.316. The van der Waals surface area contributed by atoms with Crippen molar-refractivity contribution in [2.45, 2.75) is 58.7 Å². The fourth-order valence-corrected chi connectivity index (χ4v) is 5.11. The van der Waals surface area contributed by atoms with E-state index in [1.165, 1.54) is 0 Å². The van der Waals surface area contributed by atoms with Crippen molar-refractivity contribution in [3.8, 4) is 17.2 Å². The zero-order valence-corrected chi connectivity index (χ0v) is 28.6. The highest BCUT2D eigenvalue weighted by atomic mass is 16.6. The fourth-order valence-electron chi connectivity index (χ4n) is 5.11. The lowest BCUT2D eigenvalue weighted by atomic mass is 10.0. The van der Waals surface area contributed by atoms with Gasteiger partial charge in [-0.2, -0.15) is 0 Å². The number of pyridine rings is 1. The van der Waals surface area contributed by atoms with Gasteiger partial charge in [0.1, 0.15) is 34.5 Å². The largest absolute Gasteiger partial charge is 0.497 e. The first-order valence-electron chi connectivity index (χ1n) is 15.8. The van der Waals surface area contributed by atoms with Gasteiger partial charge in [0.2, 0.25) is 5.91 Å². The van der Waals surface area contributed by atoms with Crippen LogP contribution in [0, 0.1) is 6.92 Å². The molecule has 1 atom stereocenters. The van der Waals surface area contributed by atoms with E-state index >= 15 is 0 Å². The first-order valence-corrected chi connectivity index (χ1v) is 15.8. The van der Waals surface area contributed by atoms with E-state index in [2.05, 4.69) is 38.0 Å². The molecule has 0 aliphatic rings. The highest BCUT2D eigenvalue weighted by Gasteiger charge is 2.25. The average molecular weight is 652 g/mol. The van der Waals surface area contributed by atoms with Gasteiger partial charge in [-0.05, 0) is 92.8 Å². The molecular formula is C38H45N5O5. The zero-order valence-electron chi connectivity index (χ0n) is 28.6. The zero-order chi connectivity index (χ0) is 34.7. The average Bonchev–Trinajstić information content (AvgIpc) is 3.37. The molecule has 0 fully saturated rings. The summed E-state index contributed by atoms with van der Waals surface area (Å²) < 4.78 is 19.2. The molecule has 0 spiro atoms. The molecule has 2 heterocycles. The Kier molecular flexibility index (Phi) is 12.2. The number of aliphatic imine (C=N–C) groups is 1. The molecular weight excluding hydrogens is 606 g/mol. The maximum atomic E-state index is 13.3. The summed E-state index contributed by atoms with van der Waals surface area (Å²) in [7, 11) is 3.34. The summed E-state index contributed by atoms with van der Waals surface area (Å²) in [5, 5.41) is 6.59. The van der Waals surface area contributed by atoms with E-state index in [1.54, 1.807) is 53.4 Å². The molecule has 2 aromatic heterocycles. The van der Waals surface area contributed by atoms with Gasteiger partial charge in [-0.15, -0.1) is 0 Å². The first kappa shape index (κ1) is 35.5. The molecule has 0 aliphatic heterocycles. The number of fused-ring (bicyclic) bond motifs is 1. The number of methoxy groups -OCH3 is 1. The standard InChI is InChI=1S/C38H45N5O5/c1-8-27(17-20-39-6)18-21-41-36(44)32(42-37(45)48-38(3,4)5)23-28-9-15-31(16-10-28)47-33-19-22-40-35-34(33)26(2)24-43(35)25-29-11-13-30(46-7)14-12-29/h8-17,19-20,22,24,32H,1,18,21,23,25H2,2-7H3,(H,41,44)(H,42,45)/b27-17+,39-20?. The summed E-state index contributed by atoms with van der Waals surface area (Å²) >= 11 is 0. The number of nitrogens with zero attached hydrogens (tertiary/aromatic N) is 3. The van der Waals surface area contributed by atoms with Crippen molar-refractivity contribution in [1.82, 2.24) is 20.2 Å². The summed E-state index contributed by atoms with van der Waals surface area (Å²) in [6, 6.07) is 16.5. The molecule has 10 heteroatoms. The maximum Gasteiger partial charge on any atom is 0.408 e. The van der Waals surface area contributed by atoms with Gasteiger partial charge in [-0.3, -0.25) is 9.79 Å². The van der Waals surface area contributed by atoms with Gasteiger partial charge < -0.3 is 29.4 Å². The van der Waals surface area contributed by atoms with Crippen molar-refractivity contribution < 1.29 is 23.8 Å². The molecule has 2 N–H and O–H groups in total. The number of allylic oxidation sites excluding steroid dienone is 2. The topological polar surface area (TPSA) is 116 Å². The van der Waals surface area contributed by atoms with E-state index in [-0.39, 0.29) is 12.3 Å². The Hall–Kier alpha value is -5.38. The molecule has 252 valence electrons. The van der Waals surface area contributed by atoms with Crippen molar-refractivity contribution in [2.75, 3.05) is 20.7 Å². The molecule has 0 bridgehead atoms. The smallest absolute Gasteiger partial charge is 0.408 e. The van der Waals surface area contributed by atoms with Crippen LogP contribution in [0.5, 0.6) is 17.2 Å². The summed E-state index contributed by atoms with van der Waals surface area (Å²) in [4.78, 5) is 34.5. The lowest BCUT2D eigenvalue weighted by Crippen LogP contribution is -2.49. The second kappa shape index (κ2) is 16.4. The molecule has 10 nitrogen and oxygen atoms in total. The van der Waals surface area contributed by atoms with Crippen molar-refractivity contribution in [1.29, 1.82) is 0 Å². The van der Waals surface area contributed by atoms with Crippen LogP contribution < -0.4 is 20.1 Å². The van der Waals surface area contributed by atoms with E-state index < -0.39 is 17.7 Å². The number of carbonyl (C=O) groups excluding carboxylic acids is 2. The minimum atomic E-state index is -0.854. The third kappa shape index (κ3) is 10.1. The van der Waals surface area contributed by atoms with Gasteiger partial charge in [-0.1, -0.05) is 36.9 Å². The number of nitrogens with one attached hydrogen (secondary N) is 2. The monoisotopic (exact) mass is 651 g/mol. The first-order chi connectivity index (χ1) is 23.0. The Morgan fingerprint density at radius 3 is 2.38 bits per heavy atom. The molecule has 0 saturated heterocycles. The van der Waals surface area contributed by atoms with Gasteiger partial charge in [0, 0.05) is 45.2 Å². The third-order valence-corrected chi connectivity index (χ3v) is 7.43. The van der Waals surface area contributed by atoms with E-state index in [1.807, 2.05) is 67.6 Å². The predicted molar refractivity (Wildman–Crippen MR) is 190 cm³/mol. The number of carbonyl (C=O) groups is 2.